The highest BCUT2D eigenvalue weighted by molar-refractivity contribution is 9.10. The van der Waals surface area contributed by atoms with Crippen molar-refractivity contribution in [2.24, 2.45) is 0 Å². The maximum atomic E-state index is 11.9. The van der Waals surface area contributed by atoms with Gasteiger partial charge in [-0.2, -0.15) is 0 Å². The van der Waals surface area contributed by atoms with Crippen LogP contribution in [0.25, 0.3) is 0 Å². The number of carbonyl (C=O) groups excluding carboxylic acids is 1. The highest BCUT2D eigenvalue weighted by Gasteiger charge is 2.15. The molecule has 1 aromatic carbocycles. The molecule has 0 saturated carbocycles. The molecule has 0 saturated heterocycles. The normalized spacial score (nSPS) is 12.2. The van der Waals surface area contributed by atoms with Gasteiger partial charge in [-0.05, 0) is 34.1 Å². The molecule has 0 fully saturated rings. The van der Waals surface area contributed by atoms with Gasteiger partial charge in [-0.25, -0.2) is 0 Å². The monoisotopic (exact) mass is 319 g/mol. The number of thiol groups is 1. The third kappa shape index (κ3) is 4.31. The van der Waals surface area contributed by atoms with Gasteiger partial charge in [-0.1, -0.05) is 0 Å². The first-order chi connectivity index (χ1) is 8.08. The Morgan fingerprint density at radius 3 is 2.94 bits per heavy atom. The summed E-state index contributed by atoms with van der Waals surface area (Å²) in [4.78, 5) is 12.6. The molecule has 1 amide bonds. The molecule has 0 spiro atoms. The van der Waals surface area contributed by atoms with E-state index < -0.39 is 6.04 Å². The molecule has 0 bridgehead atoms. The standard InChI is InChI=1S/C11H14BrNO3S/c1-16-6-7(5-14)13-11(15)9-4-8(17)2-3-10(9)12/h2-4,7,14,17H,5-6H2,1H3,(H,13,15). The minimum Gasteiger partial charge on any atom is -0.394 e. The van der Waals surface area contributed by atoms with Crippen molar-refractivity contribution < 1.29 is 14.6 Å². The van der Waals surface area contributed by atoms with Crippen LogP contribution in [0.5, 0.6) is 0 Å². The Balaban J connectivity index is 2.78. The highest BCUT2D eigenvalue weighted by atomic mass is 79.9. The number of nitrogens with one attached hydrogen (secondary N) is 1. The SMILES string of the molecule is COCC(CO)NC(=O)c1cc(S)ccc1Br. The number of aliphatic hydroxyl groups excluding tert-OH is 1. The van der Waals surface area contributed by atoms with Gasteiger partial charge in [0.2, 0.25) is 0 Å². The third-order valence-corrected chi connectivity index (χ3v) is 3.09. The average molecular weight is 320 g/mol. The predicted octanol–water partition coefficient (Wildman–Crippen LogP) is 1.47. The number of aliphatic hydroxyl groups is 1. The molecule has 0 heterocycles. The summed E-state index contributed by atoms with van der Waals surface area (Å²) in [6, 6.07) is 4.77. The molecule has 0 aliphatic rings. The number of benzene rings is 1. The zero-order chi connectivity index (χ0) is 12.8. The summed E-state index contributed by atoms with van der Waals surface area (Å²) in [6.45, 7) is 0.0954. The molecule has 1 unspecified atom stereocenters. The maximum absolute atomic E-state index is 11.9. The van der Waals surface area contributed by atoms with Crippen molar-refractivity contribution in [2.45, 2.75) is 10.9 Å². The molecule has 0 radical (unpaired) electrons. The van der Waals surface area contributed by atoms with E-state index in [-0.39, 0.29) is 19.1 Å². The maximum Gasteiger partial charge on any atom is 0.252 e. The molecule has 0 aromatic heterocycles. The minimum absolute atomic E-state index is 0.169. The van der Waals surface area contributed by atoms with Crippen LogP contribution in [0.1, 0.15) is 10.4 Å². The second-order valence-corrected chi connectivity index (χ2v) is 4.84. The quantitative estimate of drug-likeness (QED) is 0.720. The summed E-state index contributed by atoms with van der Waals surface area (Å²) in [5, 5.41) is 11.7. The lowest BCUT2D eigenvalue weighted by Crippen LogP contribution is -2.40. The van der Waals surface area contributed by atoms with Crippen molar-refractivity contribution in [3.63, 3.8) is 0 Å². The van der Waals surface area contributed by atoms with Crippen molar-refractivity contribution in [1.82, 2.24) is 5.32 Å². The summed E-state index contributed by atoms with van der Waals surface area (Å²) in [6.07, 6.45) is 0. The zero-order valence-electron chi connectivity index (χ0n) is 9.31. The second-order valence-electron chi connectivity index (χ2n) is 3.47. The summed E-state index contributed by atoms with van der Waals surface area (Å²) in [7, 11) is 1.51. The zero-order valence-corrected chi connectivity index (χ0v) is 11.8. The second kappa shape index (κ2) is 7.00. The van der Waals surface area contributed by atoms with Crippen molar-refractivity contribution in [1.29, 1.82) is 0 Å². The molecule has 0 aliphatic carbocycles. The number of methoxy groups -OCH3 is 1. The molecule has 4 nitrogen and oxygen atoms in total. The number of carbonyl (C=O) groups is 1. The Labute approximate surface area is 114 Å². The average Bonchev–Trinajstić information content (AvgIpc) is 2.31. The Morgan fingerprint density at radius 1 is 1.65 bits per heavy atom. The lowest BCUT2D eigenvalue weighted by Gasteiger charge is -2.15. The van der Waals surface area contributed by atoms with Gasteiger partial charge in [0, 0.05) is 16.5 Å². The predicted molar refractivity (Wildman–Crippen MR) is 71.6 cm³/mol. The smallest absolute Gasteiger partial charge is 0.252 e. The van der Waals surface area contributed by atoms with E-state index >= 15 is 0 Å². The van der Waals surface area contributed by atoms with Crippen molar-refractivity contribution in [2.75, 3.05) is 20.3 Å². The van der Waals surface area contributed by atoms with Gasteiger partial charge in [0.25, 0.3) is 5.91 Å². The van der Waals surface area contributed by atoms with E-state index in [0.717, 1.165) is 0 Å². The molecule has 94 valence electrons. The lowest BCUT2D eigenvalue weighted by molar-refractivity contribution is 0.0839. The van der Waals surface area contributed by atoms with E-state index in [4.69, 9.17) is 9.84 Å². The lowest BCUT2D eigenvalue weighted by atomic mass is 10.2. The summed E-state index contributed by atoms with van der Waals surface area (Å²) >= 11 is 7.47. The third-order valence-electron chi connectivity index (χ3n) is 2.12. The van der Waals surface area contributed by atoms with Crippen LogP contribution in [0.4, 0.5) is 0 Å². The molecule has 17 heavy (non-hydrogen) atoms. The first-order valence-electron chi connectivity index (χ1n) is 4.97. The van der Waals surface area contributed by atoms with Crippen LogP contribution in [0, 0.1) is 0 Å². The molecule has 0 aliphatic heterocycles. The van der Waals surface area contributed by atoms with Crippen LogP contribution in [-0.2, 0) is 4.74 Å². The molecule has 1 aromatic rings. The minimum atomic E-state index is -0.414. The van der Waals surface area contributed by atoms with E-state index in [1.165, 1.54) is 7.11 Å². The Hall–Kier alpha value is -0.560. The number of hydrogen-bond donors (Lipinski definition) is 3. The van der Waals surface area contributed by atoms with Crippen LogP contribution >= 0.6 is 28.6 Å². The summed E-state index contributed by atoms with van der Waals surface area (Å²) in [5.74, 6) is -0.274. The first-order valence-corrected chi connectivity index (χ1v) is 6.21. The summed E-state index contributed by atoms with van der Waals surface area (Å²) in [5.41, 5.74) is 0.479. The number of halogens is 1. The summed E-state index contributed by atoms with van der Waals surface area (Å²) < 4.78 is 5.57. The molecule has 6 heteroatoms. The largest absolute Gasteiger partial charge is 0.394 e. The van der Waals surface area contributed by atoms with Gasteiger partial charge in [0.05, 0.1) is 24.8 Å². The first kappa shape index (κ1) is 14.5. The number of ether oxygens (including phenoxy) is 1. The van der Waals surface area contributed by atoms with Crippen LogP contribution in [0.2, 0.25) is 0 Å². The number of amides is 1. The van der Waals surface area contributed by atoms with Gasteiger partial charge in [-0.15, -0.1) is 12.6 Å². The molecular formula is C11H14BrNO3S. The Morgan fingerprint density at radius 2 is 2.35 bits per heavy atom. The molecule has 1 atom stereocenters. The van der Waals surface area contributed by atoms with E-state index in [9.17, 15) is 4.79 Å². The van der Waals surface area contributed by atoms with Crippen molar-refractivity contribution in [3.8, 4) is 0 Å². The Bertz CT molecular complexity index is 400. The molecular weight excluding hydrogens is 306 g/mol. The van der Waals surface area contributed by atoms with Gasteiger partial charge >= 0.3 is 0 Å². The number of hydrogen-bond acceptors (Lipinski definition) is 4. The highest BCUT2D eigenvalue weighted by Crippen LogP contribution is 2.20. The van der Waals surface area contributed by atoms with Crippen LogP contribution in [0.3, 0.4) is 0 Å². The van der Waals surface area contributed by atoms with Crippen LogP contribution in [-0.4, -0.2) is 37.4 Å². The fraction of sp³-hybridized carbons (Fsp3) is 0.364. The van der Waals surface area contributed by atoms with Crippen LogP contribution in [0.15, 0.2) is 27.6 Å². The van der Waals surface area contributed by atoms with Crippen molar-refractivity contribution >= 4 is 34.5 Å². The van der Waals surface area contributed by atoms with Crippen LogP contribution < -0.4 is 5.32 Å². The molecule has 2 N–H and O–H groups in total. The number of rotatable bonds is 5. The van der Waals surface area contributed by atoms with E-state index in [1.807, 2.05) is 0 Å². The van der Waals surface area contributed by atoms with Gasteiger partial charge < -0.3 is 15.2 Å². The fourth-order valence-electron chi connectivity index (χ4n) is 1.29. The molecule has 1 rings (SSSR count). The van der Waals surface area contributed by atoms with Gasteiger partial charge in [0.1, 0.15) is 0 Å². The topological polar surface area (TPSA) is 58.6 Å². The Kier molecular flexibility index (Phi) is 5.97. The van der Waals surface area contributed by atoms with Crippen molar-refractivity contribution in [3.05, 3.63) is 28.2 Å². The van der Waals surface area contributed by atoms with Gasteiger partial charge in [-0.3, -0.25) is 4.79 Å². The van der Waals surface area contributed by atoms with E-state index in [2.05, 4.69) is 33.9 Å². The van der Waals surface area contributed by atoms with Gasteiger partial charge in [0.15, 0.2) is 0 Å². The van der Waals surface area contributed by atoms with E-state index in [0.29, 0.717) is 14.9 Å². The van der Waals surface area contributed by atoms with E-state index in [1.54, 1.807) is 18.2 Å². The fourth-order valence-corrected chi connectivity index (χ4v) is 1.92.